The van der Waals surface area contributed by atoms with Crippen molar-refractivity contribution in [1.29, 1.82) is 10.5 Å². The van der Waals surface area contributed by atoms with Gasteiger partial charge in [0.1, 0.15) is 17.2 Å². The number of aromatic nitrogens is 2. The van der Waals surface area contributed by atoms with E-state index in [0.29, 0.717) is 16.3 Å². The van der Waals surface area contributed by atoms with E-state index in [-0.39, 0.29) is 16.9 Å². The van der Waals surface area contributed by atoms with Crippen LogP contribution in [0.4, 0.5) is 5.69 Å². The van der Waals surface area contributed by atoms with Gasteiger partial charge in [0.15, 0.2) is 5.69 Å². The van der Waals surface area contributed by atoms with E-state index in [0.717, 1.165) is 4.90 Å². The first kappa shape index (κ1) is 18.1. The molecular formula is C19H13N5O2S. The predicted molar refractivity (Wildman–Crippen MR) is 99.3 cm³/mol. The molecule has 0 saturated heterocycles. The molecule has 0 aliphatic heterocycles. The van der Waals surface area contributed by atoms with Crippen molar-refractivity contribution in [2.24, 2.45) is 0 Å². The lowest BCUT2D eigenvalue weighted by Gasteiger charge is -2.13. The molecule has 3 rings (SSSR count). The Morgan fingerprint density at radius 3 is 2.63 bits per heavy atom. The smallest absolute Gasteiger partial charge is 0.357 e. The Morgan fingerprint density at radius 1 is 1.19 bits per heavy atom. The van der Waals surface area contributed by atoms with E-state index in [1.807, 2.05) is 18.2 Å². The number of hydrogen-bond acceptors (Lipinski definition) is 7. The Balaban J connectivity index is 2.17. The van der Waals surface area contributed by atoms with Crippen LogP contribution in [-0.4, -0.2) is 22.6 Å². The van der Waals surface area contributed by atoms with E-state index in [4.69, 9.17) is 10.5 Å². The zero-order valence-corrected chi connectivity index (χ0v) is 15.0. The molecule has 0 saturated carbocycles. The van der Waals surface area contributed by atoms with Gasteiger partial charge in [-0.05, 0) is 24.3 Å². The number of ether oxygens (including phenoxy) is 1. The molecule has 27 heavy (non-hydrogen) atoms. The van der Waals surface area contributed by atoms with Crippen LogP contribution in [0.25, 0.3) is 5.69 Å². The molecular weight excluding hydrogens is 362 g/mol. The van der Waals surface area contributed by atoms with Gasteiger partial charge in [-0.15, -0.1) is 0 Å². The first-order chi connectivity index (χ1) is 13.1. The number of methoxy groups -OCH3 is 1. The second kappa shape index (κ2) is 7.65. The summed E-state index contributed by atoms with van der Waals surface area (Å²) in [6, 6.07) is 14.7. The summed E-state index contributed by atoms with van der Waals surface area (Å²) in [5, 5.41) is 19.1. The summed E-state index contributed by atoms with van der Waals surface area (Å²) in [6.45, 7) is 0. The van der Waals surface area contributed by atoms with Crippen molar-refractivity contribution in [3.8, 4) is 17.8 Å². The van der Waals surface area contributed by atoms with Crippen LogP contribution in [0, 0.1) is 22.7 Å². The lowest BCUT2D eigenvalue weighted by Crippen LogP contribution is -2.11. The number of nitrogens with two attached hydrogens (primary N) is 1. The number of rotatable bonds is 4. The van der Waals surface area contributed by atoms with Crippen LogP contribution in [0.1, 0.15) is 21.6 Å². The van der Waals surface area contributed by atoms with E-state index < -0.39 is 5.97 Å². The summed E-state index contributed by atoms with van der Waals surface area (Å²) >= 11 is 1.28. The quantitative estimate of drug-likeness (QED) is 0.696. The molecule has 3 aromatic rings. The van der Waals surface area contributed by atoms with Gasteiger partial charge in [-0.25, -0.2) is 9.78 Å². The molecule has 2 heterocycles. The molecule has 0 aliphatic rings. The minimum atomic E-state index is -0.649. The number of pyridine rings is 1. The van der Waals surface area contributed by atoms with Crippen molar-refractivity contribution < 1.29 is 9.53 Å². The van der Waals surface area contributed by atoms with Crippen molar-refractivity contribution in [2.75, 3.05) is 12.8 Å². The highest BCUT2D eigenvalue weighted by Gasteiger charge is 2.23. The third kappa shape index (κ3) is 3.34. The fourth-order valence-corrected chi connectivity index (χ4v) is 3.47. The van der Waals surface area contributed by atoms with Crippen LogP contribution in [0.15, 0.2) is 58.7 Å². The number of nitriles is 2. The van der Waals surface area contributed by atoms with Gasteiger partial charge >= 0.3 is 5.97 Å². The number of nitrogen functional groups attached to an aromatic ring is 1. The second-order valence-electron chi connectivity index (χ2n) is 5.32. The highest BCUT2D eigenvalue weighted by atomic mass is 32.2. The molecule has 0 bridgehead atoms. The number of para-hydroxylation sites is 1. The maximum Gasteiger partial charge on any atom is 0.357 e. The van der Waals surface area contributed by atoms with Gasteiger partial charge in [0.25, 0.3) is 0 Å². The van der Waals surface area contributed by atoms with Gasteiger partial charge in [0.05, 0.1) is 29.6 Å². The van der Waals surface area contributed by atoms with Crippen LogP contribution in [0.5, 0.6) is 0 Å². The Bertz CT molecular complexity index is 1110. The molecule has 2 N–H and O–H groups in total. The maximum absolute atomic E-state index is 12.2. The fraction of sp³-hybridized carbons (Fsp3) is 0.0526. The molecule has 0 aliphatic carbocycles. The zero-order valence-electron chi connectivity index (χ0n) is 14.2. The third-order valence-electron chi connectivity index (χ3n) is 3.77. The van der Waals surface area contributed by atoms with Gasteiger partial charge in [-0.1, -0.05) is 23.9 Å². The van der Waals surface area contributed by atoms with Gasteiger partial charge in [-0.3, -0.25) is 0 Å². The molecule has 1 aromatic carbocycles. The number of carbonyl (C=O) groups excluding carboxylic acids is 1. The number of esters is 1. The van der Waals surface area contributed by atoms with Crippen molar-refractivity contribution in [3.63, 3.8) is 0 Å². The summed E-state index contributed by atoms with van der Waals surface area (Å²) in [5.74, 6) is -0.649. The van der Waals surface area contributed by atoms with Gasteiger partial charge in [0.2, 0.25) is 0 Å². The molecule has 8 heteroatoms. The molecule has 0 atom stereocenters. The Labute approximate surface area is 159 Å². The molecule has 0 fully saturated rings. The Morgan fingerprint density at radius 2 is 1.93 bits per heavy atom. The molecule has 0 unspecified atom stereocenters. The van der Waals surface area contributed by atoms with Crippen LogP contribution in [-0.2, 0) is 4.74 Å². The minimum absolute atomic E-state index is 0.0553. The van der Waals surface area contributed by atoms with Crippen molar-refractivity contribution in [3.05, 3.63) is 65.6 Å². The lowest BCUT2D eigenvalue weighted by molar-refractivity contribution is 0.0593. The summed E-state index contributed by atoms with van der Waals surface area (Å²) < 4.78 is 6.35. The van der Waals surface area contributed by atoms with E-state index in [1.54, 1.807) is 30.5 Å². The summed E-state index contributed by atoms with van der Waals surface area (Å²) in [7, 11) is 1.25. The van der Waals surface area contributed by atoms with Crippen LogP contribution < -0.4 is 5.73 Å². The van der Waals surface area contributed by atoms with Crippen molar-refractivity contribution in [2.45, 2.75) is 9.92 Å². The molecule has 7 nitrogen and oxygen atoms in total. The SMILES string of the molecule is COC(=O)c1c(N)c(C#N)cn1-c1ccccc1Sc1ncccc1C#N. The predicted octanol–water partition coefficient (Wildman–Crippen LogP) is 3.14. The average Bonchev–Trinajstić information content (AvgIpc) is 3.04. The average molecular weight is 375 g/mol. The van der Waals surface area contributed by atoms with Gasteiger partial charge in [-0.2, -0.15) is 10.5 Å². The monoisotopic (exact) mass is 375 g/mol. The Kier molecular flexibility index (Phi) is 5.11. The second-order valence-corrected chi connectivity index (χ2v) is 6.35. The number of hydrogen-bond donors (Lipinski definition) is 1. The summed E-state index contributed by atoms with van der Waals surface area (Å²) in [4.78, 5) is 17.2. The van der Waals surface area contributed by atoms with E-state index >= 15 is 0 Å². The van der Waals surface area contributed by atoms with E-state index in [1.165, 1.54) is 29.6 Å². The first-order valence-corrected chi connectivity index (χ1v) is 8.54. The largest absolute Gasteiger partial charge is 0.464 e. The molecule has 132 valence electrons. The van der Waals surface area contributed by atoms with Gasteiger partial charge < -0.3 is 15.0 Å². The molecule has 0 amide bonds. The van der Waals surface area contributed by atoms with Crippen LogP contribution in [0.3, 0.4) is 0 Å². The van der Waals surface area contributed by atoms with Crippen LogP contribution in [0.2, 0.25) is 0 Å². The minimum Gasteiger partial charge on any atom is -0.464 e. The van der Waals surface area contributed by atoms with Crippen molar-refractivity contribution >= 4 is 23.4 Å². The lowest BCUT2D eigenvalue weighted by atomic mass is 10.2. The molecule has 2 aromatic heterocycles. The fourth-order valence-electron chi connectivity index (χ4n) is 2.51. The van der Waals surface area contributed by atoms with E-state index in [9.17, 15) is 15.3 Å². The highest BCUT2D eigenvalue weighted by Crippen LogP contribution is 2.35. The topological polar surface area (TPSA) is 118 Å². The normalized spacial score (nSPS) is 10.0. The number of anilines is 1. The van der Waals surface area contributed by atoms with Crippen molar-refractivity contribution in [1.82, 2.24) is 9.55 Å². The summed E-state index contributed by atoms with van der Waals surface area (Å²) in [5.41, 5.74) is 7.33. The molecule has 0 spiro atoms. The maximum atomic E-state index is 12.2. The first-order valence-electron chi connectivity index (χ1n) is 7.72. The number of benzene rings is 1. The summed E-state index contributed by atoms with van der Waals surface area (Å²) in [6.07, 6.45) is 3.09. The van der Waals surface area contributed by atoms with E-state index in [2.05, 4.69) is 11.1 Å². The third-order valence-corrected chi connectivity index (χ3v) is 4.85. The van der Waals surface area contributed by atoms with Crippen LogP contribution >= 0.6 is 11.8 Å². The standard InChI is InChI=1S/C19H13N5O2S/c1-26-19(25)17-16(22)13(10-21)11-24(17)14-6-2-3-7-15(14)27-18-12(9-20)5-4-8-23-18/h2-8,11H,22H2,1H3. The van der Waals surface area contributed by atoms with Gasteiger partial charge in [0, 0.05) is 17.3 Å². The Hall–Kier alpha value is -3.75. The molecule has 0 radical (unpaired) electrons. The highest BCUT2D eigenvalue weighted by molar-refractivity contribution is 7.99. The number of carbonyl (C=O) groups is 1. The zero-order chi connectivity index (χ0) is 19.4. The number of nitrogens with zero attached hydrogens (tertiary/aromatic N) is 4.